The molecule has 6 nitrogen and oxygen atoms in total. The van der Waals surface area contributed by atoms with Crippen LogP contribution in [0.25, 0.3) is 0 Å². The van der Waals surface area contributed by atoms with Crippen molar-refractivity contribution < 1.29 is 14.3 Å². The van der Waals surface area contributed by atoms with Crippen molar-refractivity contribution in [3.63, 3.8) is 0 Å². The van der Waals surface area contributed by atoms with Gasteiger partial charge in [-0.1, -0.05) is 24.3 Å². The van der Waals surface area contributed by atoms with Crippen LogP contribution in [0, 0.1) is 0 Å². The average Bonchev–Trinajstić information content (AvgIpc) is 3.34. The minimum atomic E-state index is -0.167. The number of nitrogens with one attached hydrogen (secondary N) is 1. The fourth-order valence-corrected chi connectivity index (χ4v) is 4.17. The molecule has 1 saturated heterocycles. The van der Waals surface area contributed by atoms with E-state index in [-0.39, 0.29) is 11.8 Å². The van der Waals surface area contributed by atoms with E-state index in [2.05, 4.69) is 10.2 Å². The van der Waals surface area contributed by atoms with Crippen molar-refractivity contribution in [2.24, 2.45) is 0 Å². The Balaban J connectivity index is 1.40. The van der Waals surface area contributed by atoms with Gasteiger partial charge in [0, 0.05) is 37.4 Å². The summed E-state index contributed by atoms with van der Waals surface area (Å²) in [6, 6.07) is 18.7. The second-order valence-corrected chi connectivity index (χ2v) is 7.91. The maximum atomic E-state index is 13.0. The summed E-state index contributed by atoms with van der Waals surface area (Å²) in [5.74, 6) is 0.647. The molecule has 0 unspecified atom stereocenters. The number of thiophene rings is 1. The Hall–Kier alpha value is -3.32. The van der Waals surface area contributed by atoms with Crippen molar-refractivity contribution in [2.45, 2.75) is 0 Å². The number of benzene rings is 2. The van der Waals surface area contributed by atoms with Gasteiger partial charge in [0.05, 0.1) is 17.7 Å². The number of methoxy groups -OCH3 is 1. The zero-order valence-corrected chi connectivity index (χ0v) is 17.5. The van der Waals surface area contributed by atoms with Gasteiger partial charge < -0.3 is 19.9 Å². The van der Waals surface area contributed by atoms with E-state index in [0.717, 1.165) is 24.5 Å². The standard InChI is InChI=1S/C23H23N3O3S/c1-29-20-9-3-2-8-19(20)25-11-13-26(14-12-25)23(28)17-6-4-7-18(16-17)24-22(27)21-10-5-15-30-21/h2-10,15-16H,11-14H2,1H3,(H,24,27). The number of amides is 2. The first kappa shape index (κ1) is 20.0. The van der Waals surface area contributed by atoms with Crippen LogP contribution in [0.4, 0.5) is 11.4 Å². The Morgan fingerprint density at radius 3 is 2.50 bits per heavy atom. The number of nitrogens with zero attached hydrogens (tertiary/aromatic N) is 2. The first-order valence-corrected chi connectivity index (χ1v) is 10.7. The zero-order chi connectivity index (χ0) is 20.9. The molecule has 1 fully saturated rings. The van der Waals surface area contributed by atoms with Gasteiger partial charge in [-0.2, -0.15) is 0 Å². The summed E-state index contributed by atoms with van der Waals surface area (Å²) in [6.07, 6.45) is 0. The maximum Gasteiger partial charge on any atom is 0.265 e. The molecule has 154 valence electrons. The molecule has 0 atom stereocenters. The molecule has 0 bridgehead atoms. The molecule has 0 aliphatic carbocycles. The summed E-state index contributed by atoms with van der Waals surface area (Å²) in [6.45, 7) is 2.73. The number of hydrogen-bond donors (Lipinski definition) is 1. The molecule has 30 heavy (non-hydrogen) atoms. The molecule has 0 radical (unpaired) electrons. The van der Waals surface area contributed by atoms with Crippen LogP contribution in [0.2, 0.25) is 0 Å². The number of ether oxygens (including phenoxy) is 1. The summed E-state index contributed by atoms with van der Waals surface area (Å²) in [5.41, 5.74) is 2.24. The van der Waals surface area contributed by atoms with Gasteiger partial charge in [0.25, 0.3) is 11.8 Å². The molecule has 0 saturated carbocycles. The minimum absolute atomic E-state index is 0.0260. The monoisotopic (exact) mass is 421 g/mol. The first-order valence-electron chi connectivity index (χ1n) is 9.78. The average molecular weight is 422 g/mol. The number of anilines is 2. The molecule has 7 heteroatoms. The Morgan fingerprint density at radius 1 is 0.967 bits per heavy atom. The van der Waals surface area contributed by atoms with Crippen molar-refractivity contribution in [2.75, 3.05) is 43.5 Å². The smallest absolute Gasteiger partial charge is 0.265 e. The van der Waals surface area contributed by atoms with E-state index in [0.29, 0.717) is 29.2 Å². The SMILES string of the molecule is COc1ccccc1N1CCN(C(=O)c2cccc(NC(=O)c3cccs3)c2)CC1. The summed E-state index contributed by atoms with van der Waals surface area (Å²) in [7, 11) is 1.67. The highest BCUT2D eigenvalue weighted by atomic mass is 32.1. The third kappa shape index (κ3) is 4.31. The van der Waals surface area contributed by atoms with Gasteiger partial charge in [-0.05, 0) is 41.8 Å². The van der Waals surface area contributed by atoms with E-state index < -0.39 is 0 Å². The van der Waals surface area contributed by atoms with E-state index >= 15 is 0 Å². The predicted molar refractivity (Wildman–Crippen MR) is 120 cm³/mol. The van der Waals surface area contributed by atoms with Crippen LogP contribution in [-0.2, 0) is 0 Å². The number of carbonyl (C=O) groups is 2. The molecule has 2 aromatic carbocycles. The fraction of sp³-hybridized carbons (Fsp3) is 0.217. The van der Waals surface area contributed by atoms with Crippen LogP contribution < -0.4 is 15.0 Å². The highest BCUT2D eigenvalue weighted by molar-refractivity contribution is 7.12. The van der Waals surface area contributed by atoms with Crippen LogP contribution in [0.3, 0.4) is 0 Å². The van der Waals surface area contributed by atoms with Crippen LogP contribution in [0.5, 0.6) is 5.75 Å². The van der Waals surface area contributed by atoms with Crippen LogP contribution in [0.15, 0.2) is 66.0 Å². The van der Waals surface area contributed by atoms with Crippen molar-refractivity contribution in [1.82, 2.24) is 4.90 Å². The van der Waals surface area contributed by atoms with Crippen molar-refractivity contribution in [3.05, 3.63) is 76.5 Å². The quantitative estimate of drug-likeness (QED) is 0.677. The number of piperazine rings is 1. The Kier molecular flexibility index (Phi) is 5.99. The second kappa shape index (κ2) is 9.00. The molecule has 1 aliphatic rings. The molecule has 1 aliphatic heterocycles. The number of rotatable bonds is 5. The molecule has 0 spiro atoms. The molecule has 2 amide bonds. The lowest BCUT2D eigenvalue weighted by atomic mass is 10.1. The summed E-state index contributed by atoms with van der Waals surface area (Å²) >= 11 is 1.38. The highest BCUT2D eigenvalue weighted by Gasteiger charge is 2.24. The largest absolute Gasteiger partial charge is 0.495 e. The number of hydrogen-bond acceptors (Lipinski definition) is 5. The van der Waals surface area contributed by atoms with Crippen molar-refractivity contribution in [3.8, 4) is 5.75 Å². The third-order valence-corrected chi connectivity index (χ3v) is 5.97. The zero-order valence-electron chi connectivity index (χ0n) is 16.7. The van der Waals surface area contributed by atoms with Crippen LogP contribution >= 0.6 is 11.3 Å². The normalized spacial score (nSPS) is 13.8. The summed E-state index contributed by atoms with van der Waals surface area (Å²) in [4.78, 5) is 30.0. The van der Waals surface area contributed by atoms with Crippen LogP contribution in [-0.4, -0.2) is 50.0 Å². The van der Waals surface area contributed by atoms with Crippen LogP contribution in [0.1, 0.15) is 20.0 Å². The Bertz CT molecular complexity index is 1030. The van der Waals surface area contributed by atoms with E-state index in [1.807, 2.05) is 40.6 Å². The summed E-state index contributed by atoms with van der Waals surface area (Å²) in [5, 5.41) is 4.72. The molecular weight excluding hydrogens is 398 g/mol. The van der Waals surface area contributed by atoms with Gasteiger partial charge in [-0.15, -0.1) is 11.3 Å². The van der Waals surface area contributed by atoms with E-state index in [1.54, 1.807) is 37.4 Å². The van der Waals surface area contributed by atoms with E-state index in [4.69, 9.17) is 4.74 Å². The van der Waals surface area contributed by atoms with Gasteiger partial charge in [-0.25, -0.2) is 0 Å². The lowest BCUT2D eigenvalue weighted by molar-refractivity contribution is 0.0746. The van der Waals surface area contributed by atoms with Crippen molar-refractivity contribution in [1.29, 1.82) is 0 Å². The molecule has 2 heterocycles. The molecule has 1 N–H and O–H groups in total. The highest BCUT2D eigenvalue weighted by Crippen LogP contribution is 2.28. The molecule has 4 rings (SSSR count). The number of para-hydroxylation sites is 2. The first-order chi connectivity index (χ1) is 14.7. The summed E-state index contributed by atoms with van der Waals surface area (Å²) < 4.78 is 5.46. The topological polar surface area (TPSA) is 61.9 Å². The van der Waals surface area contributed by atoms with Crippen molar-refractivity contribution >= 4 is 34.5 Å². The Labute approximate surface area is 179 Å². The second-order valence-electron chi connectivity index (χ2n) is 6.96. The molecular formula is C23H23N3O3S. The lowest BCUT2D eigenvalue weighted by Gasteiger charge is -2.36. The van der Waals surface area contributed by atoms with Gasteiger partial charge in [0.15, 0.2) is 0 Å². The maximum absolute atomic E-state index is 13.0. The predicted octanol–water partition coefficient (Wildman–Crippen LogP) is 3.97. The molecule has 3 aromatic rings. The van der Waals surface area contributed by atoms with Gasteiger partial charge in [0.2, 0.25) is 0 Å². The Morgan fingerprint density at radius 2 is 1.77 bits per heavy atom. The lowest BCUT2D eigenvalue weighted by Crippen LogP contribution is -2.48. The van der Waals surface area contributed by atoms with Gasteiger partial charge >= 0.3 is 0 Å². The van der Waals surface area contributed by atoms with E-state index in [1.165, 1.54) is 11.3 Å². The number of carbonyl (C=O) groups excluding carboxylic acids is 2. The fourth-order valence-electron chi connectivity index (χ4n) is 3.55. The van der Waals surface area contributed by atoms with E-state index in [9.17, 15) is 9.59 Å². The van der Waals surface area contributed by atoms with Gasteiger partial charge in [0.1, 0.15) is 5.75 Å². The molecule has 1 aromatic heterocycles. The third-order valence-electron chi connectivity index (χ3n) is 5.11. The van der Waals surface area contributed by atoms with Gasteiger partial charge in [-0.3, -0.25) is 9.59 Å². The minimum Gasteiger partial charge on any atom is -0.495 e.